The molecule has 0 aliphatic heterocycles. The van der Waals surface area contributed by atoms with Crippen LogP contribution in [0.4, 0.5) is 0 Å². The van der Waals surface area contributed by atoms with Gasteiger partial charge in [0.05, 0.1) is 20.3 Å². The van der Waals surface area contributed by atoms with Crippen LogP contribution in [-0.4, -0.2) is 14.2 Å². The molecule has 3 nitrogen and oxygen atoms in total. The summed E-state index contributed by atoms with van der Waals surface area (Å²) in [5.74, 6) is 1.57. The molecule has 1 aliphatic carbocycles. The molecule has 1 atom stereocenters. The van der Waals surface area contributed by atoms with Crippen molar-refractivity contribution < 1.29 is 9.47 Å². The van der Waals surface area contributed by atoms with Crippen LogP contribution >= 0.6 is 0 Å². The van der Waals surface area contributed by atoms with Crippen LogP contribution < -0.4 is 15.2 Å². The molecule has 1 aliphatic rings. The van der Waals surface area contributed by atoms with Crippen LogP contribution in [0.5, 0.6) is 11.5 Å². The molecular formula is C14H19NO2. The van der Waals surface area contributed by atoms with E-state index >= 15 is 0 Å². The monoisotopic (exact) mass is 233 g/mol. The van der Waals surface area contributed by atoms with Crippen molar-refractivity contribution in [3.05, 3.63) is 35.4 Å². The van der Waals surface area contributed by atoms with E-state index in [2.05, 4.69) is 6.08 Å². The Morgan fingerprint density at radius 2 is 1.76 bits per heavy atom. The molecule has 2 rings (SSSR count). The smallest absolute Gasteiger partial charge is 0.122 e. The molecule has 3 heteroatoms. The minimum Gasteiger partial charge on any atom is -0.497 e. The van der Waals surface area contributed by atoms with Gasteiger partial charge in [-0.05, 0) is 37.0 Å². The number of nitrogens with two attached hydrogens (primary N) is 1. The van der Waals surface area contributed by atoms with Gasteiger partial charge in [0.25, 0.3) is 0 Å². The van der Waals surface area contributed by atoms with Gasteiger partial charge < -0.3 is 15.2 Å². The molecule has 0 bridgehead atoms. The van der Waals surface area contributed by atoms with E-state index in [-0.39, 0.29) is 6.04 Å². The molecule has 0 heterocycles. The summed E-state index contributed by atoms with van der Waals surface area (Å²) in [6, 6.07) is 5.78. The van der Waals surface area contributed by atoms with Crippen molar-refractivity contribution in [2.24, 2.45) is 5.73 Å². The summed E-state index contributed by atoms with van der Waals surface area (Å²) in [4.78, 5) is 0. The zero-order valence-corrected chi connectivity index (χ0v) is 10.4. The van der Waals surface area contributed by atoms with Gasteiger partial charge in [0, 0.05) is 6.07 Å². The van der Waals surface area contributed by atoms with E-state index in [1.165, 1.54) is 12.0 Å². The van der Waals surface area contributed by atoms with Crippen molar-refractivity contribution >= 4 is 0 Å². The van der Waals surface area contributed by atoms with Gasteiger partial charge in [-0.2, -0.15) is 0 Å². The highest BCUT2D eigenvalue weighted by atomic mass is 16.5. The van der Waals surface area contributed by atoms with Gasteiger partial charge in [-0.3, -0.25) is 0 Å². The van der Waals surface area contributed by atoms with Crippen LogP contribution in [0.2, 0.25) is 0 Å². The van der Waals surface area contributed by atoms with Crippen LogP contribution in [0, 0.1) is 0 Å². The van der Waals surface area contributed by atoms with Crippen LogP contribution in [0.15, 0.2) is 29.8 Å². The van der Waals surface area contributed by atoms with Crippen molar-refractivity contribution in [1.29, 1.82) is 0 Å². The first-order chi connectivity index (χ1) is 8.24. The van der Waals surface area contributed by atoms with Crippen LogP contribution in [-0.2, 0) is 0 Å². The number of allylic oxidation sites excluding steroid dienone is 1. The molecule has 0 saturated carbocycles. The average Bonchev–Trinajstić information content (AvgIpc) is 2.91. The van der Waals surface area contributed by atoms with E-state index in [0.717, 1.165) is 29.9 Å². The van der Waals surface area contributed by atoms with Crippen LogP contribution in [0.1, 0.15) is 30.9 Å². The largest absolute Gasteiger partial charge is 0.497 e. The summed E-state index contributed by atoms with van der Waals surface area (Å²) >= 11 is 0. The Hall–Kier alpha value is -1.48. The molecule has 1 aromatic carbocycles. The highest BCUT2D eigenvalue weighted by Crippen LogP contribution is 2.32. The van der Waals surface area contributed by atoms with Gasteiger partial charge in [-0.15, -0.1) is 0 Å². The molecule has 0 radical (unpaired) electrons. The molecule has 0 aromatic heterocycles. The van der Waals surface area contributed by atoms with Gasteiger partial charge >= 0.3 is 0 Å². The summed E-state index contributed by atoms with van der Waals surface area (Å²) in [5, 5.41) is 0. The zero-order chi connectivity index (χ0) is 12.3. The second-order valence-electron chi connectivity index (χ2n) is 4.29. The van der Waals surface area contributed by atoms with Crippen molar-refractivity contribution in [3.8, 4) is 11.5 Å². The van der Waals surface area contributed by atoms with E-state index in [1.807, 2.05) is 18.2 Å². The molecule has 92 valence electrons. The lowest BCUT2D eigenvalue weighted by Gasteiger charge is -2.16. The summed E-state index contributed by atoms with van der Waals surface area (Å²) < 4.78 is 10.5. The van der Waals surface area contributed by atoms with Gasteiger partial charge in [-0.25, -0.2) is 0 Å². The number of benzene rings is 1. The molecule has 0 spiro atoms. The molecule has 0 saturated heterocycles. The van der Waals surface area contributed by atoms with Crippen molar-refractivity contribution in [3.63, 3.8) is 0 Å². The minimum absolute atomic E-state index is 0.0403. The Kier molecular flexibility index (Phi) is 3.69. The van der Waals surface area contributed by atoms with Gasteiger partial charge in [0.2, 0.25) is 0 Å². The maximum absolute atomic E-state index is 6.27. The molecule has 2 N–H and O–H groups in total. The van der Waals surface area contributed by atoms with Crippen molar-refractivity contribution in [2.75, 3.05) is 14.2 Å². The predicted octanol–water partition coefficient (Wildman–Crippen LogP) is 2.81. The summed E-state index contributed by atoms with van der Waals surface area (Å²) in [5.41, 5.74) is 8.64. The number of hydrogen-bond donors (Lipinski definition) is 1. The van der Waals surface area contributed by atoms with Gasteiger partial charge in [0.15, 0.2) is 0 Å². The third-order valence-electron chi connectivity index (χ3n) is 3.21. The van der Waals surface area contributed by atoms with Gasteiger partial charge in [0.1, 0.15) is 11.5 Å². The number of hydrogen-bond acceptors (Lipinski definition) is 3. The highest BCUT2D eigenvalue weighted by Gasteiger charge is 2.16. The first kappa shape index (κ1) is 12.0. The Labute approximate surface area is 102 Å². The Morgan fingerprint density at radius 3 is 2.24 bits per heavy atom. The predicted molar refractivity (Wildman–Crippen MR) is 68.4 cm³/mol. The summed E-state index contributed by atoms with van der Waals surface area (Å²) in [6.07, 6.45) is 5.70. The molecule has 17 heavy (non-hydrogen) atoms. The maximum atomic E-state index is 6.27. The van der Waals surface area contributed by atoms with E-state index in [4.69, 9.17) is 15.2 Å². The number of ether oxygens (including phenoxy) is 2. The zero-order valence-electron chi connectivity index (χ0n) is 10.4. The van der Waals surface area contributed by atoms with Crippen molar-refractivity contribution in [1.82, 2.24) is 0 Å². The lowest BCUT2D eigenvalue weighted by molar-refractivity contribution is 0.393. The van der Waals surface area contributed by atoms with Crippen LogP contribution in [0.3, 0.4) is 0 Å². The van der Waals surface area contributed by atoms with E-state index in [0.29, 0.717) is 0 Å². The number of methoxy groups -OCH3 is 2. The van der Waals surface area contributed by atoms with Crippen LogP contribution in [0.25, 0.3) is 0 Å². The fraction of sp³-hybridized carbons (Fsp3) is 0.429. The van der Waals surface area contributed by atoms with Crippen molar-refractivity contribution in [2.45, 2.75) is 25.3 Å². The average molecular weight is 233 g/mol. The molecule has 0 amide bonds. The first-order valence-electron chi connectivity index (χ1n) is 5.92. The standard InChI is InChI=1S/C14H19NO2/c1-16-12-7-11(8-13(9-12)17-2)14(15)10-5-3-4-6-10/h5,7-9,14H,3-4,6,15H2,1-2H3. The Balaban J connectivity index is 2.30. The Bertz CT molecular complexity index is 404. The normalized spacial score (nSPS) is 16.5. The first-order valence-corrected chi connectivity index (χ1v) is 5.92. The lowest BCUT2D eigenvalue weighted by atomic mass is 9.98. The quantitative estimate of drug-likeness (QED) is 0.813. The molecule has 1 aromatic rings. The molecular weight excluding hydrogens is 214 g/mol. The third-order valence-corrected chi connectivity index (χ3v) is 3.21. The fourth-order valence-corrected chi connectivity index (χ4v) is 2.20. The second-order valence-corrected chi connectivity index (χ2v) is 4.29. The highest BCUT2D eigenvalue weighted by molar-refractivity contribution is 5.42. The van der Waals surface area contributed by atoms with Gasteiger partial charge in [-0.1, -0.05) is 11.6 Å². The summed E-state index contributed by atoms with van der Waals surface area (Å²) in [6.45, 7) is 0. The number of rotatable bonds is 4. The topological polar surface area (TPSA) is 44.5 Å². The molecule has 1 unspecified atom stereocenters. The lowest BCUT2D eigenvalue weighted by Crippen LogP contribution is -2.12. The Morgan fingerprint density at radius 1 is 1.12 bits per heavy atom. The fourth-order valence-electron chi connectivity index (χ4n) is 2.20. The maximum Gasteiger partial charge on any atom is 0.122 e. The second kappa shape index (κ2) is 5.23. The SMILES string of the molecule is COc1cc(OC)cc(C(N)C2=CCCC2)c1. The molecule has 0 fully saturated rings. The third kappa shape index (κ3) is 2.61. The van der Waals surface area contributed by atoms with E-state index in [1.54, 1.807) is 14.2 Å². The minimum atomic E-state index is -0.0403. The summed E-state index contributed by atoms with van der Waals surface area (Å²) in [7, 11) is 3.30. The van der Waals surface area contributed by atoms with E-state index in [9.17, 15) is 0 Å². The van der Waals surface area contributed by atoms with E-state index < -0.39 is 0 Å².